The molecule has 1 atom stereocenters. The molecule has 0 radical (unpaired) electrons. The van der Waals surface area contributed by atoms with E-state index in [0.717, 1.165) is 10.9 Å². The molecule has 0 saturated heterocycles. The Kier molecular flexibility index (Phi) is 3.76. The number of amides is 1. The van der Waals surface area contributed by atoms with Crippen LogP contribution in [0.25, 0.3) is 10.9 Å². The number of hydrogen-bond acceptors (Lipinski definition) is 4. The molecule has 2 N–H and O–H groups in total. The molecule has 0 spiro atoms. The Morgan fingerprint density at radius 3 is 2.95 bits per heavy atom. The van der Waals surface area contributed by atoms with E-state index in [0.29, 0.717) is 11.3 Å². The maximum atomic E-state index is 11.5. The van der Waals surface area contributed by atoms with Gasteiger partial charge < -0.3 is 9.30 Å². The summed E-state index contributed by atoms with van der Waals surface area (Å²) in [4.78, 5) is 15.6. The van der Waals surface area contributed by atoms with Gasteiger partial charge in [-0.05, 0) is 42.6 Å². The number of hydroxylamine groups is 1. The average Bonchev–Trinajstić information content (AvgIpc) is 2.98. The molecule has 3 aromatic rings. The molecule has 0 aliphatic carbocycles. The molecule has 2 aromatic heterocycles. The van der Waals surface area contributed by atoms with E-state index in [4.69, 9.17) is 9.94 Å². The number of rotatable bonds is 4. The third-order valence-electron chi connectivity index (χ3n) is 3.42. The smallest absolute Gasteiger partial charge is 0.274 e. The highest BCUT2D eigenvalue weighted by molar-refractivity contribution is 5.97. The summed E-state index contributed by atoms with van der Waals surface area (Å²) < 4.78 is 7.76. The van der Waals surface area contributed by atoms with E-state index in [1.165, 1.54) is 0 Å². The average molecular weight is 297 g/mol. The summed E-state index contributed by atoms with van der Waals surface area (Å²) in [7, 11) is 0. The third kappa shape index (κ3) is 2.64. The first-order valence-corrected chi connectivity index (χ1v) is 6.81. The maximum Gasteiger partial charge on any atom is 0.274 e. The van der Waals surface area contributed by atoms with Crippen molar-refractivity contribution in [2.24, 2.45) is 0 Å². The zero-order valence-corrected chi connectivity index (χ0v) is 11.9. The van der Waals surface area contributed by atoms with E-state index in [1.54, 1.807) is 36.1 Å². The molecule has 22 heavy (non-hydrogen) atoms. The summed E-state index contributed by atoms with van der Waals surface area (Å²) in [6.45, 7) is 1.91. The van der Waals surface area contributed by atoms with Gasteiger partial charge in [-0.25, -0.2) is 5.48 Å². The number of benzene rings is 1. The van der Waals surface area contributed by atoms with Gasteiger partial charge in [-0.2, -0.15) is 0 Å². The molecule has 1 unspecified atom stereocenters. The van der Waals surface area contributed by atoms with E-state index in [-0.39, 0.29) is 6.23 Å². The molecular formula is C16H15N3O3. The van der Waals surface area contributed by atoms with Crippen LogP contribution in [0.5, 0.6) is 5.75 Å². The molecular weight excluding hydrogens is 282 g/mol. The van der Waals surface area contributed by atoms with E-state index in [9.17, 15) is 4.79 Å². The van der Waals surface area contributed by atoms with Crippen LogP contribution in [0.4, 0.5) is 0 Å². The van der Waals surface area contributed by atoms with E-state index in [1.807, 2.05) is 35.9 Å². The normalized spacial score (nSPS) is 12.1. The van der Waals surface area contributed by atoms with Gasteiger partial charge in [0.1, 0.15) is 5.75 Å². The van der Waals surface area contributed by atoms with Crippen molar-refractivity contribution in [1.29, 1.82) is 0 Å². The Bertz CT molecular complexity index is 799. The second kappa shape index (κ2) is 5.87. The number of ether oxygens (including phenoxy) is 1. The van der Waals surface area contributed by atoms with Crippen molar-refractivity contribution >= 4 is 16.8 Å². The van der Waals surface area contributed by atoms with Crippen LogP contribution in [-0.2, 0) is 0 Å². The topological polar surface area (TPSA) is 76.4 Å². The summed E-state index contributed by atoms with van der Waals surface area (Å²) in [5, 5.41) is 9.73. The van der Waals surface area contributed by atoms with Crippen molar-refractivity contribution in [3.05, 3.63) is 60.6 Å². The van der Waals surface area contributed by atoms with Gasteiger partial charge in [-0.3, -0.25) is 15.0 Å². The second-order valence-electron chi connectivity index (χ2n) is 4.84. The van der Waals surface area contributed by atoms with Gasteiger partial charge in [0.15, 0.2) is 6.23 Å². The Balaban J connectivity index is 1.94. The lowest BCUT2D eigenvalue weighted by Crippen LogP contribution is -2.18. The predicted octanol–water partition coefficient (Wildman–Crippen LogP) is 2.75. The number of aromatic nitrogens is 2. The largest absolute Gasteiger partial charge is 0.469 e. The highest BCUT2D eigenvalue weighted by Crippen LogP contribution is 2.23. The number of fused-ring (bicyclic) bond motifs is 1. The molecule has 0 aliphatic heterocycles. The van der Waals surface area contributed by atoms with Gasteiger partial charge in [0.25, 0.3) is 5.91 Å². The molecule has 0 saturated carbocycles. The molecule has 112 valence electrons. The van der Waals surface area contributed by atoms with Crippen LogP contribution in [0.1, 0.15) is 23.5 Å². The SMILES string of the molecule is CC(Oc1cccnc1)n1ccc2ccc(C(=O)NO)cc21. The molecule has 3 rings (SSSR count). The summed E-state index contributed by atoms with van der Waals surface area (Å²) in [6.07, 6.45) is 4.95. The number of pyridine rings is 1. The van der Waals surface area contributed by atoms with Crippen molar-refractivity contribution in [3.63, 3.8) is 0 Å². The molecule has 0 bridgehead atoms. The zero-order valence-electron chi connectivity index (χ0n) is 11.9. The lowest BCUT2D eigenvalue weighted by Gasteiger charge is -2.17. The van der Waals surface area contributed by atoms with Crippen molar-refractivity contribution in [3.8, 4) is 5.75 Å². The Labute approximate surface area is 126 Å². The lowest BCUT2D eigenvalue weighted by molar-refractivity contribution is 0.0706. The number of nitrogens with zero attached hydrogens (tertiary/aromatic N) is 2. The summed E-state index contributed by atoms with van der Waals surface area (Å²) in [5.41, 5.74) is 2.86. The van der Waals surface area contributed by atoms with Gasteiger partial charge in [0, 0.05) is 18.0 Å². The fourth-order valence-corrected chi connectivity index (χ4v) is 2.34. The highest BCUT2D eigenvalue weighted by Gasteiger charge is 2.12. The number of hydrogen-bond donors (Lipinski definition) is 2. The van der Waals surface area contributed by atoms with E-state index < -0.39 is 5.91 Å². The van der Waals surface area contributed by atoms with Crippen LogP contribution in [-0.4, -0.2) is 20.7 Å². The molecule has 0 fully saturated rings. The predicted molar refractivity (Wildman–Crippen MR) is 80.8 cm³/mol. The van der Waals surface area contributed by atoms with Gasteiger partial charge in [0.05, 0.1) is 11.7 Å². The van der Waals surface area contributed by atoms with Crippen molar-refractivity contribution in [2.75, 3.05) is 0 Å². The molecule has 0 aliphatic rings. The summed E-state index contributed by atoms with van der Waals surface area (Å²) >= 11 is 0. The second-order valence-corrected chi connectivity index (χ2v) is 4.84. The van der Waals surface area contributed by atoms with Crippen molar-refractivity contribution in [1.82, 2.24) is 15.0 Å². The molecule has 2 heterocycles. The Morgan fingerprint density at radius 2 is 2.23 bits per heavy atom. The van der Waals surface area contributed by atoms with Gasteiger partial charge in [-0.1, -0.05) is 6.07 Å². The first-order chi connectivity index (χ1) is 10.7. The minimum absolute atomic E-state index is 0.269. The highest BCUT2D eigenvalue weighted by atomic mass is 16.5. The number of carbonyl (C=O) groups is 1. The zero-order chi connectivity index (χ0) is 15.5. The van der Waals surface area contributed by atoms with Crippen LogP contribution < -0.4 is 10.2 Å². The number of nitrogens with one attached hydrogen (secondary N) is 1. The summed E-state index contributed by atoms with van der Waals surface area (Å²) in [6, 6.07) is 10.8. The first kappa shape index (κ1) is 14.1. The van der Waals surface area contributed by atoms with Gasteiger partial charge in [0.2, 0.25) is 0 Å². The number of carbonyl (C=O) groups excluding carboxylic acids is 1. The Hall–Kier alpha value is -2.86. The third-order valence-corrected chi connectivity index (χ3v) is 3.42. The van der Waals surface area contributed by atoms with Crippen LogP contribution in [0.3, 0.4) is 0 Å². The Morgan fingerprint density at radius 1 is 1.36 bits per heavy atom. The quantitative estimate of drug-likeness (QED) is 0.573. The molecule has 6 nitrogen and oxygen atoms in total. The monoisotopic (exact) mass is 297 g/mol. The summed E-state index contributed by atoms with van der Waals surface area (Å²) in [5.74, 6) is 0.122. The van der Waals surface area contributed by atoms with Crippen LogP contribution in [0.15, 0.2) is 55.0 Å². The molecule has 1 aromatic carbocycles. The minimum Gasteiger partial charge on any atom is -0.469 e. The van der Waals surface area contributed by atoms with Gasteiger partial charge in [-0.15, -0.1) is 0 Å². The van der Waals surface area contributed by atoms with Crippen molar-refractivity contribution in [2.45, 2.75) is 13.2 Å². The van der Waals surface area contributed by atoms with Crippen LogP contribution >= 0.6 is 0 Å². The van der Waals surface area contributed by atoms with Crippen LogP contribution in [0, 0.1) is 0 Å². The van der Waals surface area contributed by atoms with E-state index >= 15 is 0 Å². The molecule has 6 heteroatoms. The molecule has 1 amide bonds. The minimum atomic E-state index is -0.546. The van der Waals surface area contributed by atoms with Crippen LogP contribution in [0.2, 0.25) is 0 Å². The standard InChI is InChI=1S/C16H15N3O3/c1-11(22-14-3-2-7-17-10-14)19-8-6-12-4-5-13(9-15(12)19)16(20)18-21/h2-11,21H,1H3,(H,18,20). The van der Waals surface area contributed by atoms with Crippen molar-refractivity contribution < 1.29 is 14.7 Å². The van der Waals surface area contributed by atoms with E-state index in [2.05, 4.69) is 4.98 Å². The fourth-order valence-electron chi connectivity index (χ4n) is 2.34. The lowest BCUT2D eigenvalue weighted by atomic mass is 10.1. The maximum absolute atomic E-state index is 11.5. The fraction of sp³-hybridized carbons (Fsp3) is 0.125. The van der Waals surface area contributed by atoms with Gasteiger partial charge >= 0.3 is 0 Å². The first-order valence-electron chi connectivity index (χ1n) is 6.81.